The highest BCUT2D eigenvalue weighted by Gasteiger charge is 2.27. The smallest absolute Gasteiger partial charge is 0.376 e. The molecule has 16 heavy (non-hydrogen) atoms. The zero-order chi connectivity index (χ0) is 12.3. The molecule has 0 saturated carbocycles. The number of alkyl halides is 3. The van der Waals surface area contributed by atoms with E-state index in [9.17, 15) is 17.6 Å². The van der Waals surface area contributed by atoms with Gasteiger partial charge in [0, 0.05) is 5.69 Å². The first-order valence-electron chi connectivity index (χ1n) is 4.93. The molecule has 0 heterocycles. The highest BCUT2D eigenvalue weighted by atomic mass is 19.4. The fourth-order valence-corrected chi connectivity index (χ4v) is 1.54. The summed E-state index contributed by atoms with van der Waals surface area (Å²) in [5.41, 5.74) is 1.31. The van der Waals surface area contributed by atoms with Crippen LogP contribution >= 0.6 is 0 Å². The van der Waals surface area contributed by atoms with Crippen LogP contribution in [-0.4, -0.2) is 12.7 Å². The average molecular weight is 235 g/mol. The Morgan fingerprint density at radius 2 is 1.88 bits per heavy atom. The Balaban J connectivity index is 2.90. The number of hydrogen-bond donors (Lipinski definition) is 1. The van der Waals surface area contributed by atoms with Crippen molar-refractivity contribution in [2.24, 2.45) is 0 Å². The van der Waals surface area contributed by atoms with Crippen LogP contribution in [0.3, 0.4) is 0 Å². The Morgan fingerprint density at radius 3 is 2.38 bits per heavy atom. The van der Waals surface area contributed by atoms with Crippen LogP contribution in [0.4, 0.5) is 23.2 Å². The third kappa shape index (κ3) is 3.12. The SMILES string of the molecule is CCc1c(F)ccc(NCC(F)(F)F)c1C. The minimum absolute atomic E-state index is 0.329. The fraction of sp³-hybridized carbons (Fsp3) is 0.455. The molecule has 1 nitrogen and oxygen atoms in total. The van der Waals surface area contributed by atoms with E-state index in [4.69, 9.17) is 0 Å². The van der Waals surface area contributed by atoms with E-state index in [0.717, 1.165) is 0 Å². The van der Waals surface area contributed by atoms with E-state index in [-0.39, 0.29) is 5.82 Å². The second-order valence-electron chi connectivity index (χ2n) is 3.52. The molecule has 0 saturated heterocycles. The molecule has 0 spiro atoms. The zero-order valence-electron chi connectivity index (χ0n) is 9.08. The minimum Gasteiger partial charge on any atom is -0.376 e. The van der Waals surface area contributed by atoms with E-state index >= 15 is 0 Å². The van der Waals surface area contributed by atoms with Gasteiger partial charge >= 0.3 is 6.18 Å². The van der Waals surface area contributed by atoms with Gasteiger partial charge in [-0.15, -0.1) is 0 Å². The molecule has 1 rings (SSSR count). The summed E-state index contributed by atoms with van der Waals surface area (Å²) in [5, 5.41) is 2.26. The van der Waals surface area contributed by atoms with Gasteiger partial charge in [-0.05, 0) is 36.6 Å². The molecule has 0 aliphatic rings. The number of rotatable bonds is 3. The van der Waals surface area contributed by atoms with Gasteiger partial charge in [0.15, 0.2) is 0 Å². The summed E-state index contributed by atoms with van der Waals surface area (Å²) in [6, 6.07) is 2.51. The molecule has 1 aromatic carbocycles. The lowest BCUT2D eigenvalue weighted by Crippen LogP contribution is -2.21. The Kier molecular flexibility index (Phi) is 3.78. The molecule has 0 aliphatic heterocycles. The molecule has 0 amide bonds. The van der Waals surface area contributed by atoms with Crippen LogP contribution in [0.15, 0.2) is 12.1 Å². The van der Waals surface area contributed by atoms with E-state index in [2.05, 4.69) is 5.32 Å². The van der Waals surface area contributed by atoms with Gasteiger partial charge in [-0.1, -0.05) is 6.92 Å². The third-order valence-electron chi connectivity index (χ3n) is 2.37. The Labute approximate surface area is 91.5 Å². The van der Waals surface area contributed by atoms with E-state index in [1.165, 1.54) is 12.1 Å². The van der Waals surface area contributed by atoms with Gasteiger partial charge in [0.1, 0.15) is 12.4 Å². The number of nitrogens with one attached hydrogen (secondary N) is 1. The lowest BCUT2D eigenvalue weighted by atomic mass is 10.0. The lowest BCUT2D eigenvalue weighted by molar-refractivity contribution is -0.115. The van der Waals surface area contributed by atoms with Crippen molar-refractivity contribution in [1.29, 1.82) is 0 Å². The molecule has 0 unspecified atom stereocenters. The largest absolute Gasteiger partial charge is 0.405 e. The molecule has 0 aliphatic carbocycles. The van der Waals surface area contributed by atoms with Crippen molar-refractivity contribution in [2.75, 3.05) is 11.9 Å². The van der Waals surface area contributed by atoms with Crippen molar-refractivity contribution < 1.29 is 17.6 Å². The second kappa shape index (κ2) is 4.72. The van der Waals surface area contributed by atoms with Crippen molar-refractivity contribution in [3.05, 3.63) is 29.1 Å². The lowest BCUT2D eigenvalue weighted by Gasteiger charge is -2.14. The van der Waals surface area contributed by atoms with Crippen molar-refractivity contribution >= 4 is 5.69 Å². The van der Waals surface area contributed by atoms with Crippen molar-refractivity contribution in [3.8, 4) is 0 Å². The first-order chi connectivity index (χ1) is 7.35. The topological polar surface area (TPSA) is 12.0 Å². The standard InChI is InChI=1S/C11H13F4N/c1-3-8-7(2)10(5-4-9(8)12)16-6-11(13,14)15/h4-5,16H,3,6H2,1-2H3. The quantitative estimate of drug-likeness (QED) is 0.788. The summed E-state index contributed by atoms with van der Waals surface area (Å²) in [5.74, 6) is -0.377. The maximum absolute atomic E-state index is 13.3. The van der Waals surface area contributed by atoms with Crippen molar-refractivity contribution in [2.45, 2.75) is 26.4 Å². The molecule has 0 bridgehead atoms. The summed E-state index contributed by atoms with van der Waals surface area (Å²) in [7, 11) is 0. The van der Waals surface area contributed by atoms with E-state index in [1.54, 1.807) is 13.8 Å². The average Bonchev–Trinajstić information content (AvgIpc) is 2.16. The summed E-state index contributed by atoms with van der Waals surface area (Å²) in [6.07, 6.45) is -3.81. The van der Waals surface area contributed by atoms with Crippen LogP contribution in [-0.2, 0) is 6.42 Å². The summed E-state index contributed by atoms with van der Waals surface area (Å²) in [4.78, 5) is 0. The number of halogens is 4. The zero-order valence-corrected chi connectivity index (χ0v) is 9.08. The van der Waals surface area contributed by atoms with Gasteiger partial charge in [0.25, 0.3) is 0 Å². The van der Waals surface area contributed by atoms with Gasteiger partial charge in [-0.25, -0.2) is 4.39 Å². The van der Waals surface area contributed by atoms with Gasteiger partial charge in [0.05, 0.1) is 0 Å². The van der Waals surface area contributed by atoms with E-state index in [1.807, 2.05) is 0 Å². The van der Waals surface area contributed by atoms with E-state index in [0.29, 0.717) is 23.2 Å². The Hall–Kier alpha value is -1.26. The predicted molar refractivity (Wildman–Crippen MR) is 55.1 cm³/mol. The highest BCUT2D eigenvalue weighted by molar-refractivity contribution is 5.54. The first kappa shape index (κ1) is 12.8. The molecule has 0 fully saturated rings. The maximum atomic E-state index is 13.3. The predicted octanol–water partition coefficient (Wildman–Crippen LogP) is 3.67. The van der Waals surface area contributed by atoms with Crippen LogP contribution in [0.25, 0.3) is 0 Å². The van der Waals surface area contributed by atoms with Crippen LogP contribution < -0.4 is 5.32 Å². The summed E-state index contributed by atoms with van der Waals surface area (Å²) >= 11 is 0. The van der Waals surface area contributed by atoms with Gasteiger partial charge in [-0.2, -0.15) is 13.2 Å². The molecular formula is C11H13F4N. The number of anilines is 1. The second-order valence-corrected chi connectivity index (χ2v) is 3.52. The van der Waals surface area contributed by atoms with Crippen LogP contribution in [0.2, 0.25) is 0 Å². The molecule has 0 aromatic heterocycles. The van der Waals surface area contributed by atoms with Crippen LogP contribution in [0.1, 0.15) is 18.1 Å². The van der Waals surface area contributed by atoms with Crippen molar-refractivity contribution in [3.63, 3.8) is 0 Å². The molecule has 5 heteroatoms. The molecule has 1 aromatic rings. The molecule has 0 radical (unpaired) electrons. The maximum Gasteiger partial charge on any atom is 0.405 e. The van der Waals surface area contributed by atoms with Gasteiger partial charge in [-0.3, -0.25) is 0 Å². The minimum atomic E-state index is -4.27. The summed E-state index contributed by atoms with van der Waals surface area (Å²) < 4.78 is 49.2. The Bertz CT molecular complexity index is 371. The molecule has 0 atom stereocenters. The van der Waals surface area contributed by atoms with E-state index < -0.39 is 12.7 Å². The first-order valence-corrected chi connectivity index (χ1v) is 4.93. The Morgan fingerprint density at radius 1 is 1.25 bits per heavy atom. The molecular weight excluding hydrogens is 222 g/mol. The summed E-state index contributed by atoms with van der Waals surface area (Å²) in [6.45, 7) is 2.27. The molecule has 90 valence electrons. The molecule has 1 N–H and O–H groups in total. The fourth-order valence-electron chi connectivity index (χ4n) is 1.54. The van der Waals surface area contributed by atoms with Crippen LogP contribution in [0.5, 0.6) is 0 Å². The highest BCUT2D eigenvalue weighted by Crippen LogP contribution is 2.24. The van der Waals surface area contributed by atoms with Crippen LogP contribution in [0, 0.1) is 12.7 Å². The number of hydrogen-bond acceptors (Lipinski definition) is 1. The monoisotopic (exact) mass is 235 g/mol. The number of benzene rings is 1. The normalized spacial score (nSPS) is 11.6. The van der Waals surface area contributed by atoms with Gasteiger partial charge in [0.2, 0.25) is 0 Å². The van der Waals surface area contributed by atoms with Gasteiger partial charge < -0.3 is 5.32 Å². The third-order valence-corrected chi connectivity index (χ3v) is 2.37. The van der Waals surface area contributed by atoms with Crippen molar-refractivity contribution in [1.82, 2.24) is 0 Å².